The van der Waals surface area contributed by atoms with E-state index in [0.29, 0.717) is 49.9 Å². The van der Waals surface area contributed by atoms with Crippen LogP contribution in [0.2, 0.25) is 5.02 Å². The van der Waals surface area contributed by atoms with Gasteiger partial charge in [0.25, 0.3) is 5.91 Å². The lowest BCUT2D eigenvalue weighted by Gasteiger charge is -2.34. The lowest BCUT2D eigenvalue weighted by Crippen LogP contribution is -2.49. The highest BCUT2D eigenvalue weighted by Crippen LogP contribution is 2.12. The molecule has 1 aliphatic heterocycles. The zero-order chi connectivity index (χ0) is 19.4. The van der Waals surface area contributed by atoms with E-state index < -0.39 is 9.84 Å². The molecule has 1 aromatic heterocycles. The van der Waals surface area contributed by atoms with Gasteiger partial charge in [-0.3, -0.25) is 14.4 Å². The van der Waals surface area contributed by atoms with Crippen LogP contribution in [0.4, 0.5) is 0 Å². The molecule has 2 aromatic rings. The third-order valence-electron chi connectivity index (χ3n) is 4.59. The molecule has 1 saturated heterocycles. The fourth-order valence-corrected chi connectivity index (χ4v) is 3.76. The molecule has 146 valence electrons. The van der Waals surface area contributed by atoms with E-state index in [9.17, 15) is 13.2 Å². The first kappa shape index (κ1) is 19.9. The molecule has 1 aliphatic rings. The summed E-state index contributed by atoms with van der Waals surface area (Å²) in [6, 6.07) is 7.51. The topological polar surface area (TPSA) is 75.5 Å². The number of hydrogen-bond acceptors (Lipinski definition) is 5. The van der Waals surface area contributed by atoms with Crippen LogP contribution in [0.1, 0.15) is 15.9 Å². The van der Waals surface area contributed by atoms with Crippen LogP contribution in [-0.2, 0) is 16.4 Å². The highest BCUT2D eigenvalue weighted by molar-refractivity contribution is 7.90. The first-order valence-corrected chi connectivity index (χ1v) is 11.2. The third kappa shape index (κ3) is 5.79. The van der Waals surface area contributed by atoms with Crippen LogP contribution in [0.25, 0.3) is 0 Å². The van der Waals surface area contributed by atoms with Gasteiger partial charge in [-0.15, -0.1) is 0 Å². The van der Waals surface area contributed by atoms with Crippen molar-refractivity contribution >= 4 is 27.3 Å². The van der Waals surface area contributed by atoms with Crippen molar-refractivity contribution in [2.75, 3.05) is 44.7 Å². The standard InChI is InChI=1S/C18H23ClN4O3S/c1-27(25,26)11-10-21-6-8-22(9-7-21)18(24)16-4-2-15(3-5-16)13-23-14-17(19)12-20-23/h2-5,12,14H,6-11,13H2,1H3. The maximum absolute atomic E-state index is 12.7. The van der Waals surface area contributed by atoms with Gasteiger partial charge in [0.1, 0.15) is 9.84 Å². The molecular weight excluding hydrogens is 388 g/mol. The smallest absolute Gasteiger partial charge is 0.253 e. The Morgan fingerprint density at radius 1 is 1.15 bits per heavy atom. The summed E-state index contributed by atoms with van der Waals surface area (Å²) in [6.07, 6.45) is 4.59. The second-order valence-electron chi connectivity index (χ2n) is 6.82. The molecule has 9 heteroatoms. The monoisotopic (exact) mass is 410 g/mol. The van der Waals surface area contributed by atoms with Gasteiger partial charge in [0.2, 0.25) is 0 Å². The zero-order valence-electron chi connectivity index (χ0n) is 15.2. The predicted molar refractivity (Wildman–Crippen MR) is 105 cm³/mol. The van der Waals surface area contributed by atoms with Gasteiger partial charge >= 0.3 is 0 Å². The summed E-state index contributed by atoms with van der Waals surface area (Å²) in [4.78, 5) is 16.6. The first-order valence-electron chi connectivity index (χ1n) is 8.76. The van der Waals surface area contributed by atoms with E-state index in [4.69, 9.17) is 11.6 Å². The number of hydrogen-bond donors (Lipinski definition) is 0. The highest BCUT2D eigenvalue weighted by atomic mass is 35.5. The van der Waals surface area contributed by atoms with Crippen LogP contribution >= 0.6 is 11.6 Å². The largest absolute Gasteiger partial charge is 0.336 e. The molecule has 0 unspecified atom stereocenters. The fraction of sp³-hybridized carbons (Fsp3) is 0.444. The van der Waals surface area contributed by atoms with Crippen molar-refractivity contribution in [1.29, 1.82) is 0 Å². The second kappa shape index (κ2) is 8.41. The van der Waals surface area contributed by atoms with Crippen molar-refractivity contribution < 1.29 is 13.2 Å². The summed E-state index contributed by atoms with van der Waals surface area (Å²) in [6.45, 7) is 3.72. The Hall–Kier alpha value is -1.90. The molecule has 27 heavy (non-hydrogen) atoms. The number of rotatable bonds is 6. The van der Waals surface area contributed by atoms with Gasteiger partial charge in [-0.25, -0.2) is 8.42 Å². The zero-order valence-corrected chi connectivity index (χ0v) is 16.8. The molecule has 0 radical (unpaired) electrons. The summed E-state index contributed by atoms with van der Waals surface area (Å²) in [5.41, 5.74) is 1.69. The van der Waals surface area contributed by atoms with Gasteiger partial charge in [-0.1, -0.05) is 23.7 Å². The molecule has 0 N–H and O–H groups in total. The molecule has 0 atom stereocenters. The van der Waals surface area contributed by atoms with Crippen molar-refractivity contribution in [3.63, 3.8) is 0 Å². The first-order chi connectivity index (χ1) is 12.8. The molecular formula is C18H23ClN4O3S. The van der Waals surface area contributed by atoms with Crippen LogP contribution in [0.5, 0.6) is 0 Å². The van der Waals surface area contributed by atoms with Gasteiger partial charge < -0.3 is 4.90 Å². The van der Waals surface area contributed by atoms with Crippen molar-refractivity contribution in [3.8, 4) is 0 Å². The van der Waals surface area contributed by atoms with Gasteiger partial charge in [-0.05, 0) is 17.7 Å². The van der Waals surface area contributed by atoms with Gasteiger partial charge in [0, 0.05) is 50.7 Å². The van der Waals surface area contributed by atoms with Crippen LogP contribution in [0.15, 0.2) is 36.7 Å². The van der Waals surface area contributed by atoms with E-state index in [1.54, 1.807) is 17.1 Å². The maximum Gasteiger partial charge on any atom is 0.253 e. The molecule has 1 aromatic carbocycles. The predicted octanol–water partition coefficient (Wildman–Crippen LogP) is 1.39. The summed E-state index contributed by atoms with van der Waals surface area (Å²) >= 11 is 5.86. The van der Waals surface area contributed by atoms with Crippen molar-refractivity contribution in [1.82, 2.24) is 19.6 Å². The molecule has 0 saturated carbocycles. The summed E-state index contributed by atoms with van der Waals surface area (Å²) < 4.78 is 24.3. The minimum Gasteiger partial charge on any atom is -0.336 e. The minimum atomic E-state index is -2.96. The molecule has 1 amide bonds. The van der Waals surface area contributed by atoms with Gasteiger partial charge in [0.15, 0.2) is 0 Å². The molecule has 0 bridgehead atoms. The van der Waals surface area contributed by atoms with E-state index in [0.717, 1.165) is 5.56 Å². The number of amides is 1. The number of halogens is 1. The molecule has 7 nitrogen and oxygen atoms in total. The number of piperazine rings is 1. The SMILES string of the molecule is CS(=O)(=O)CCN1CCN(C(=O)c2ccc(Cn3cc(Cl)cn3)cc2)CC1. The normalized spacial score (nSPS) is 15.9. The van der Waals surface area contributed by atoms with Crippen LogP contribution in [-0.4, -0.2) is 78.6 Å². The van der Waals surface area contributed by atoms with E-state index in [1.807, 2.05) is 29.2 Å². The minimum absolute atomic E-state index is 0.00597. The third-order valence-corrected chi connectivity index (χ3v) is 5.70. The summed E-state index contributed by atoms with van der Waals surface area (Å²) in [5.74, 6) is 0.163. The number of benzene rings is 1. The van der Waals surface area contributed by atoms with Gasteiger partial charge in [-0.2, -0.15) is 5.10 Å². The Balaban J connectivity index is 1.52. The lowest BCUT2D eigenvalue weighted by atomic mass is 10.1. The number of sulfone groups is 1. The van der Waals surface area contributed by atoms with Crippen LogP contribution in [0.3, 0.4) is 0 Å². The Kier molecular flexibility index (Phi) is 6.18. The number of aromatic nitrogens is 2. The lowest BCUT2D eigenvalue weighted by molar-refractivity contribution is 0.0644. The van der Waals surface area contributed by atoms with E-state index in [1.165, 1.54) is 6.26 Å². The molecule has 2 heterocycles. The van der Waals surface area contributed by atoms with Gasteiger partial charge in [0.05, 0.1) is 23.5 Å². The second-order valence-corrected chi connectivity index (χ2v) is 9.51. The van der Waals surface area contributed by atoms with Crippen LogP contribution < -0.4 is 0 Å². The van der Waals surface area contributed by atoms with Crippen molar-refractivity contribution in [2.45, 2.75) is 6.54 Å². The molecule has 3 rings (SSSR count). The highest BCUT2D eigenvalue weighted by Gasteiger charge is 2.22. The average Bonchev–Trinajstić information content (AvgIpc) is 3.05. The van der Waals surface area contributed by atoms with Crippen LogP contribution in [0, 0.1) is 0 Å². The summed E-state index contributed by atoms with van der Waals surface area (Å²) in [7, 11) is -2.96. The Labute approximate surface area is 164 Å². The molecule has 0 aliphatic carbocycles. The molecule has 0 spiro atoms. The van der Waals surface area contributed by atoms with E-state index in [2.05, 4.69) is 10.00 Å². The fourth-order valence-electron chi connectivity index (χ4n) is 3.02. The van der Waals surface area contributed by atoms with Crippen molar-refractivity contribution in [2.24, 2.45) is 0 Å². The number of carbonyl (C=O) groups excluding carboxylic acids is 1. The quantitative estimate of drug-likeness (QED) is 0.719. The Morgan fingerprint density at radius 2 is 1.81 bits per heavy atom. The maximum atomic E-state index is 12.7. The van der Waals surface area contributed by atoms with Crippen molar-refractivity contribution in [3.05, 3.63) is 52.8 Å². The average molecular weight is 411 g/mol. The van der Waals surface area contributed by atoms with E-state index >= 15 is 0 Å². The number of carbonyl (C=O) groups is 1. The van der Waals surface area contributed by atoms with E-state index in [-0.39, 0.29) is 11.7 Å². The molecule has 1 fully saturated rings. The Bertz CT molecular complexity index is 888. The summed E-state index contributed by atoms with van der Waals surface area (Å²) in [5, 5.41) is 4.74. The Morgan fingerprint density at radius 3 is 2.37 bits per heavy atom. The number of nitrogens with zero attached hydrogens (tertiary/aromatic N) is 4.